The van der Waals surface area contributed by atoms with Crippen LogP contribution in [0.25, 0.3) is 0 Å². The number of benzene rings is 1. The van der Waals surface area contributed by atoms with Gasteiger partial charge in [0.05, 0.1) is 0 Å². The lowest BCUT2D eigenvalue weighted by Gasteiger charge is -2.36. The summed E-state index contributed by atoms with van der Waals surface area (Å²) in [5, 5.41) is 8.71. The maximum absolute atomic E-state index is 13.8. The Hall–Kier alpha value is -1.42. The number of nitrogens with zero attached hydrogens (tertiary/aromatic N) is 1. The van der Waals surface area contributed by atoms with Crippen LogP contribution in [0.15, 0.2) is 24.3 Å². The summed E-state index contributed by atoms with van der Waals surface area (Å²) >= 11 is 0. The van der Waals surface area contributed by atoms with Crippen molar-refractivity contribution in [1.82, 2.24) is 4.90 Å². The normalized spacial score (nSPS) is 18.9. The van der Waals surface area contributed by atoms with Crippen LogP contribution in [0.1, 0.15) is 44.2 Å². The molecule has 1 aliphatic heterocycles. The maximum atomic E-state index is 13.8. The molecule has 2 rings (SSSR count). The summed E-state index contributed by atoms with van der Waals surface area (Å²) in [4.78, 5) is 12.9. The van der Waals surface area contributed by atoms with Gasteiger partial charge in [0.2, 0.25) is 0 Å². The standard InChI is InChI=1S/C16H22FNO2/c1-12(14-4-2-3-5-15(14)17)18-10-8-13(9-11-18)6-7-16(19)20/h2-5,12-13H,6-11H2,1H3,(H,19,20). The highest BCUT2D eigenvalue weighted by atomic mass is 19.1. The second-order valence-electron chi connectivity index (χ2n) is 5.61. The van der Waals surface area contributed by atoms with Crippen LogP contribution in [-0.2, 0) is 4.79 Å². The molecular weight excluding hydrogens is 257 g/mol. The van der Waals surface area contributed by atoms with Crippen molar-refractivity contribution in [3.63, 3.8) is 0 Å². The summed E-state index contributed by atoms with van der Waals surface area (Å²) < 4.78 is 13.8. The van der Waals surface area contributed by atoms with E-state index in [1.165, 1.54) is 6.07 Å². The number of likely N-dealkylation sites (tertiary alicyclic amines) is 1. The van der Waals surface area contributed by atoms with Crippen molar-refractivity contribution >= 4 is 5.97 Å². The van der Waals surface area contributed by atoms with E-state index in [0.717, 1.165) is 37.9 Å². The van der Waals surface area contributed by atoms with Gasteiger partial charge in [-0.05, 0) is 51.3 Å². The molecule has 20 heavy (non-hydrogen) atoms. The number of carboxylic acid groups (broad SMARTS) is 1. The minimum atomic E-state index is -0.716. The molecule has 1 fully saturated rings. The van der Waals surface area contributed by atoms with Gasteiger partial charge in [-0.15, -0.1) is 0 Å². The SMILES string of the molecule is CC(c1ccccc1F)N1CCC(CCC(=O)O)CC1. The minimum Gasteiger partial charge on any atom is -0.481 e. The minimum absolute atomic E-state index is 0.0802. The number of piperidine rings is 1. The summed E-state index contributed by atoms with van der Waals surface area (Å²) in [5.74, 6) is -0.365. The molecule has 1 unspecified atom stereocenters. The van der Waals surface area contributed by atoms with Gasteiger partial charge in [-0.3, -0.25) is 9.69 Å². The van der Waals surface area contributed by atoms with Crippen molar-refractivity contribution in [2.24, 2.45) is 5.92 Å². The molecule has 4 heteroatoms. The van der Waals surface area contributed by atoms with Gasteiger partial charge in [0.1, 0.15) is 5.82 Å². The third-order valence-corrected chi connectivity index (χ3v) is 4.32. The quantitative estimate of drug-likeness (QED) is 0.897. The van der Waals surface area contributed by atoms with Crippen LogP contribution in [0.4, 0.5) is 4.39 Å². The van der Waals surface area contributed by atoms with Crippen molar-refractivity contribution in [2.75, 3.05) is 13.1 Å². The molecule has 1 aliphatic rings. The van der Waals surface area contributed by atoms with E-state index in [1.807, 2.05) is 19.1 Å². The van der Waals surface area contributed by atoms with Crippen LogP contribution >= 0.6 is 0 Å². The topological polar surface area (TPSA) is 40.5 Å². The van der Waals surface area contributed by atoms with E-state index >= 15 is 0 Å². The van der Waals surface area contributed by atoms with Gasteiger partial charge < -0.3 is 5.11 Å². The van der Waals surface area contributed by atoms with Crippen LogP contribution < -0.4 is 0 Å². The smallest absolute Gasteiger partial charge is 0.303 e. The fraction of sp³-hybridized carbons (Fsp3) is 0.562. The van der Waals surface area contributed by atoms with Gasteiger partial charge in [0, 0.05) is 18.0 Å². The highest BCUT2D eigenvalue weighted by molar-refractivity contribution is 5.66. The van der Waals surface area contributed by atoms with Crippen molar-refractivity contribution in [1.29, 1.82) is 0 Å². The third kappa shape index (κ3) is 3.79. The van der Waals surface area contributed by atoms with E-state index < -0.39 is 5.97 Å². The zero-order chi connectivity index (χ0) is 14.5. The molecule has 0 saturated carbocycles. The summed E-state index contributed by atoms with van der Waals surface area (Å²) in [7, 11) is 0. The first-order chi connectivity index (χ1) is 9.58. The molecule has 0 aliphatic carbocycles. The van der Waals surface area contributed by atoms with Crippen LogP contribution in [0, 0.1) is 11.7 Å². The van der Waals surface area contributed by atoms with Crippen LogP contribution in [0.2, 0.25) is 0 Å². The first-order valence-electron chi connectivity index (χ1n) is 7.28. The fourth-order valence-corrected chi connectivity index (χ4v) is 2.97. The second-order valence-corrected chi connectivity index (χ2v) is 5.61. The van der Waals surface area contributed by atoms with Gasteiger partial charge in [0.15, 0.2) is 0 Å². The number of carbonyl (C=O) groups is 1. The Kier molecular flexibility index (Phi) is 5.12. The Morgan fingerprint density at radius 3 is 2.65 bits per heavy atom. The van der Waals surface area contributed by atoms with Gasteiger partial charge in [-0.1, -0.05) is 18.2 Å². The lowest BCUT2D eigenvalue weighted by molar-refractivity contribution is -0.137. The molecule has 0 aromatic heterocycles. The monoisotopic (exact) mass is 279 g/mol. The largest absolute Gasteiger partial charge is 0.481 e. The summed E-state index contributed by atoms with van der Waals surface area (Å²) in [6, 6.07) is 7.01. The highest BCUT2D eigenvalue weighted by Crippen LogP contribution is 2.29. The van der Waals surface area contributed by atoms with Crippen LogP contribution in [0.5, 0.6) is 0 Å². The molecule has 1 heterocycles. The average molecular weight is 279 g/mol. The third-order valence-electron chi connectivity index (χ3n) is 4.32. The van der Waals surface area contributed by atoms with E-state index in [4.69, 9.17) is 5.11 Å². The number of halogens is 1. The molecule has 0 amide bonds. The lowest BCUT2D eigenvalue weighted by Crippen LogP contribution is -2.36. The molecule has 0 spiro atoms. The summed E-state index contributed by atoms with van der Waals surface area (Å²) in [6.07, 6.45) is 3.03. The Morgan fingerprint density at radius 2 is 2.05 bits per heavy atom. The average Bonchev–Trinajstić information content (AvgIpc) is 2.45. The van der Waals surface area contributed by atoms with Crippen LogP contribution in [-0.4, -0.2) is 29.1 Å². The Balaban J connectivity index is 1.87. The molecule has 1 atom stereocenters. The first-order valence-corrected chi connectivity index (χ1v) is 7.28. The first kappa shape index (κ1) is 15.0. The van der Waals surface area contributed by atoms with E-state index in [9.17, 15) is 9.18 Å². The zero-order valence-electron chi connectivity index (χ0n) is 11.9. The van der Waals surface area contributed by atoms with Crippen LogP contribution in [0.3, 0.4) is 0 Å². The Labute approximate surface area is 119 Å². The predicted octanol–water partition coefficient (Wildman–Crippen LogP) is 3.46. The number of hydrogen-bond donors (Lipinski definition) is 1. The molecular formula is C16H22FNO2. The van der Waals surface area contributed by atoms with Crippen molar-refractivity contribution in [3.05, 3.63) is 35.6 Å². The van der Waals surface area contributed by atoms with Gasteiger partial charge in [-0.2, -0.15) is 0 Å². The molecule has 0 radical (unpaired) electrons. The predicted molar refractivity (Wildman–Crippen MR) is 76.0 cm³/mol. The number of carboxylic acids is 1. The van der Waals surface area contributed by atoms with Crippen molar-refractivity contribution in [2.45, 2.75) is 38.6 Å². The molecule has 3 nitrogen and oxygen atoms in total. The van der Waals surface area contributed by atoms with Gasteiger partial charge in [0.25, 0.3) is 0 Å². The van der Waals surface area contributed by atoms with Crippen molar-refractivity contribution in [3.8, 4) is 0 Å². The highest BCUT2D eigenvalue weighted by Gasteiger charge is 2.24. The summed E-state index contributed by atoms with van der Waals surface area (Å²) in [6.45, 7) is 3.87. The molecule has 0 bridgehead atoms. The molecule has 1 aromatic carbocycles. The Morgan fingerprint density at radius 1 is 1.40 bits per heavy atom. The van der Waals surface area contributed by atoms with E-state index in [1.54, 1.807) is 6.07 Å². The summed E-state index contributed by atoms with van der Waals surface area (Å²) in [5.41, 5.74) is 0.747. The van der Waals surface area contributed by atoms with Gasteiger partial charge in [-0.25, -0.2) is 4.39 Å². The Bertz CT molecular complexity index is 456. The second kappa shape index (κ2) is 6.84. The number of hydrogen-bond acceptors (Lipinski definition) is 2. The fourth-order valence-electron chi connectivity index (χ4n) is 2.97. The molecule has 1 saturated heterocycles. The zero-order valence-corrected chi connectivity index (χ0v) is 11.9. The van der Waals surface area contributed by atoms with Crippen molar-refractivity contribution < 1.29 is 14.3 Å². The molecule has 1 aromatic rings. The number of aliphatic carboxylic acids is 1. The maximum Gasteiger partial charge on any atom is 0.303 e. The van der Waals surface area contributed by atoms with E-state index in [-0.39, 0.29) is 18.3 Å². The lowest BCUT2D eigenvalue weighted by atomic mass is 9.91. The molecule has 110 valence electrons. The van der Waals surface area contributed by atoms with E-state index in [0.29, 0.717) is 5.92 Å². The number of rotatable bonds is 5. The molecule has 1 N–H and O–H groups in total. The van der Waals surface area contributed by atoms with E-state index in [2.05, 4.69) is 4.90 Å². The van der Waals surface area contributed by atoms with Gasteiger partial charge >= 0.3 is 5.97 Å².